The van der Waals surface area contributed by atoms with Crippen LogP contribution in [0.15, 0.2) is 10.5 Å². The summed E-state index contributed by atoms with van der Waals surface area (Å²) in [5.41, 5.74) is -0.275. The van der Waals surface area contributed by atoms with Crippen LogP contribution in [0.5, 0.6) is 0 Å². The highest BCUT2D eigenvalue weighted by molar-refractivity contribution is 5.96. The van der Waals surface area contributed by atoms with Gasteiger partial charge in [-0.2, -0.15) is 0 Å². The second-order valence-electron chi connectivity index (χ2n) is 6.19. The van der Waals surface area contributed by atoms with E-state index in [0.29, 0.717) is 37.4 Å². The smallest absolute Gasteiger partial charge is 0.305 e. The van der Waals surface area contributed by atoms with Gasteiger partial charge in [0, 0.05) is 19.1 Å². The van der Waals surface area contributed by atoms with Gasteiger partial charge in [-0.3, -0.25) is 9.59 Å². The molecule has 0 aliphatic carbocycles. The van der Waals surface area contributed by atoms with Crippen LogP contribution in [-0.2, 0) is 9.53 Å². The lowest BCUT2D eigenvalue weighted by Crippen LogP contribution is -2.53. The molecule has 122 valence electrons. The number of furan rings is 1. The molecule has 1 aliphatic heterocycles. The van der Waals surface area contributed by atoms with E-state index in [1.165, 1.54) is 0 Å². The summed E-state index contributed by atoms with van der Waals surface area (Å²) in [4.78, 5) is 23.7. The zero-order valence-corrected chi connectivity index (χ0v) is 13.3. The minimum absolute atomic E-state index is 0.101. The first-order valence-electron chi connectivity index (χ1n) is 7.55. The Balaban J connectivity index is 2.19. The van der Waals surface area contributed by atoms with Crippen molar-refractivity contribution in [3.63, 3.8) is 0 Å². The Hall–Kier alpha value is -1.82. The monoisotopic (exact) mass is 309 g/mol. The molecule has 0 atom stereocenters. The zero-order valence-electron chi connectivity index (χ0n) is 13.3. The highest BCUT2D eigenvalue weighted by Crippen LogP contribution is 2.27. The third-order valence-electron chi connectivity index (χ3n) is 4.07. The van der Waals surface area contributed by atoms with Crippen molar-refractivity contribution in [2.75, 3.05) is 13.2 Å². The molecule has 1 fully saturated rings. The summed E-state index contributed by atoms with van der Waals surface area (Å²) in [5.74, 6) is 0.294. The predicted octanol–water partition coefficient (Wildman–Crippen LogP) is 2.47. The molecule has 1 amide bonds. The van der Waals surface area contributed by atoms with Gasteiger partial charge in [-0.05, 0) is 25.8 Å². The summed E-state index contributed by atoms with van der Waals surface area (Å²) in [6.45, 7) is 6.63. The van der Waals surface area contributed by atoms with Crippen molar-refractivity contribution in [2.45, 2.75) is 51.5 Å². The molecule has 6 heteroatoms. The maximum Gasteiger partial charge on any atom is 0.305 e. The van der Waals surface area contributed by atoms with Crippen LogP contribution in [0, 0.1) is 6.92 Å². The Labute approximate surface area is 129 Å². The van der Waals surface area contributed by atoms with Crippen LogP contribution in [0.2, 0.25) is 0 Å². The Kier molecular flexibility index (Phi) is 4.90. The number of hydrogen-bond acceptors (Lipinski definition) is 4. The standard InChI is InChI=1S/C16H23NO5/c1-10(2)13-8-12(11(3)22-13)15(20)17-16(9-14(18)19)4-6-21-7-5-16/h8,10H,4-7,9H2,1-3H3,(H,17,20)(H,18,19). The quantitative estimate of drug-likeness (QED) is 0.872. The van der Waals surface area contributed by atoms with Gasteiger partial charge < -0.3 is 19.6 Å². The van der Waals surface area contributed by atoms with E-state index in [9.17, 15) is 9.59 Å². The first-order valence-corrected chi connectivity index (χ1v) is 7.55. The Morgan fingerprint density at radius 1 is 1.36 bits per heavy atom. The minimum atomic E-state index is -0.922. The number of aryl methyl sites for hydroxylation is 1. The van der Waals surface area contributed by atoms with E-state index >= 15 is 0 Å². The molecule has 22 heavy (non-hydrogen) atoms. The molecule has 1 aliphatic rings. The highest BCUT2D eigenvalue weighted by Gasteiger charge is 2.37. The lowest BCUT2D eigenvalue weighted by molar-refractivity contribution is -0.139. The summed E-state index contributed by atoms with van der Waals surface area (Å²) >= 11 is 0. The molecule has 2 rings (SSSR count). The molecule has 0 bridgehead atoms. The van der Waals surface area contributed by atoms with Crippen molar-refractivity contribution >= 4 is 11.9 Å². The van der Waals surface area contributed by atoms with Crippen molar-refractivity contribution in [1.29, 1.82) is 0 Å². The summed E-state index contributed by atoms with van der Waals surface area (Å²) in [5, 5.41) is 12.0. The van der Waals surface area contributed by atoms with Gasteiger partial charge in [0.05, 0.1) is 17.5 Å². The fourth-order valence-corrected chi connectivity index (χ4v) is 2.72. The van der Waals surface area contributed by atoms with Crippen molar-refractivity contribution in [3.8, 4) is 0 Å². The second-order valence-corrected chi connectivity index (χ2v) is 6.19. The Morgan fingerprint density at radius 2 is 2.00 bits per heavy atom. The third-order valence-corrected chi connectivity index (χ3v) is 4.07. The van der Waals surface area contributed by atoms with Crippen LogP contribution >= 0.6 is 0 Å². The number of rotatable bonds is 5. The number of carbonyl (C=O) groups excluding carboxylic acids is 1. The molecule has 0 spiro atoms. The van der Waals surface area contributed by atoms with E-state index in [-0.39, 0.29) is 18.2 Å². The molecular formula is C16H23NO5. The van der Waals surface area contributed by atoms with E-state index in [2.05, 4.69) is 5.32 Å². The summed E-state index contributed by atoms with van der Waals surface area (Å²) in [7, 11) is 0. The van der Waals surface area contributed by atoms with Crippen molar-refractivity contribution in [1.82, 2.24) is 5.32 Å². The van der Waals surface area contributed by atoms with E-state index < -0.39 is 11.5 Å². The van der Waals surface area contributed by atoms with Crippen LogP contribution in [0.25, 0.3) is 0 Å². The van der Waals surface area contributed by atoms with Crippen LogP contribution in [0.4, 0.5) is 0 Å². The molecule has 6 nitrogen and oxygen atoms in total. The molecule has 0 radical (unpaired) electrons. The average Bonchev–Trinajstić information content (AvgIpc) is 2.81. The molecule has 2 heterocycles. The molecule has 0 unspecified atom stereocenters. The summed E-state index contributed by atoms with van der Waals surface area (Å²) in [6, 6.07) is 1.74. The van der Waals surface area contributed by atoms with Gasteiger partial charge in [-0.25, -0.2) is 0 Å². The molecular weight excluding hydrogens is 286 g/mol. The van der Waals surface area contributed by atoms with Crippen LogP contribution in [-0.4, -0.2) is 35.7 Å². The highest BCUT2D eigenvalue weighted by atomic mass is 16.5. The number of hydrogen-bond donors (Lipinski definition) is 2. The van der Waals surface area contributed by atoms with E-state index in [4.69, 9.17) is 14.3 Å². The first-order chi connectivity index (χ1) is 10.3. The van der Waals surface area contributed by atoms with Crippen LogP contribution in [0.1, 0.15) is 60.9 Å². The van der Waals surface area contributed by atoms with Gasteiger partial charge in [0.1, 0.15) is 11.5 Å². The fraction of sp³-hybridized carbons (Fsp3) is 0.625. The van der Waals surface area contributed by atoms with Gasteiger partial charge >= 0.3 is 5.97 Å². The predicted molar refractivity (Wildman–Crippen MR) is 80.0 cm³/mol. The number of carboxylic acid groups (broad SMARTS) is 1. The summed E-state index contributed by atoms with van der Waals surface area (Å²) < 4.78 is 10.9. The van der Waals surface area contributed by atoms with Gasteiger partial charge in [-0.15, -0.1) is 0 Å². The van der Waals surface area contributed by atoms with Gasteiger partial charge in [0.15, 0.2) is 0 Å². The van der Waals surface area contributed by atoms with Gasteiger partial charge in [0.2, 0.25) is 0 Å². The van der Waals surface area contributed by atoms with E-state index in [0.717, 1.165) is 5.76 Å². The van der Waals surface area contributed by atoms with Crippen molar-refractivity contribution in [2.24, 2.45) is 0 Å². The van der Waals surface area contributed by atoms with Gasteiger partial charge in [-0.1, -0.05) is 13.8 Å². The number of carbonyl (C=O) groups is 2. The second kappa shape index (κ2) is 6.52. The Bertz CT molecular complexity index is 555. The summed E-state index contributed by atoms with van der Waals surface area (Å²) in [6.07, 6.45) is 0.897. The fourth-order valence-electron chi connectivity index (χ4n) is 2.72. The molecule has 1 saturated heterocycles. The molecule has 0 aromatic carbocycles. The minimum Gasteiger partial charge on any atom is -0.481 e. The number of ether oxygens (including phenoxy) is 1. The average molecular weight is 309 g/mol. The van der Waals surface area contributed by atoms with Gasteiger partial charge in [0.25, 0.3) is 5.91 Å². The topological polar surface area (TPSA) is 88.8 Å². The lowest BCUT2D eigenvalue weighted by atomic mass is 9.86. The number of aliphatic carboxylic acids is 1. The SMILES string of the molecule is Cc1oc(C(C)C)cc1C(=O)NC1(CC(=O)O)CCOCC1. The molecule has 1 aromatic heterocycles. The van der Waals surface area contributed by atoms with Crippen LogP contribution in [0.3, 0.4) is 0 Å². The van der Waals surface area contributed by atoms with E-state index in [1.807, 2.05) is 13.8 Å². The molecule has 1 aromatic rings. The number of nitrogens with one attached hydrogen (secondary N) is 1. The number of carboxylic acids is 1. The van der Waals surface area contributed by atoms with Crippen molar-refractivity contribution < 1.29 is 23.8 Å². The maximum absolute atomic E-state index is 12.6. The third kappa shape index (κ3) is 3.68. The Morgan fingerprint density at radius 3 is 2.50 bits per heavy atom. The maximum atomic E-state index is 12.6. The number of amides is 1. The zero-order chi connectivity index (χ0) is 16.3. The lowest BCUT2D eigenvalue weighted by Gasteiger charge is -2.36. The van der Waals surface area contributed by atoms with E-state index in [1.54, 1.807) is 13.0 Å². The largest absolute Gasteiger partial charge is 0.481 e. The molecule has 2 N–H and O–H groups in total. The van der Waals surface area contributed by atoms with Crippen LogP contribution < -0.4 is 5.32 Å². The first kappa shape index (κ1) is 16.5. The van der Waals surface area contributed by atoms with Crippen molar-refractivity contribution in [3.05, 3.63) is 23.2 Å². The normalized spacial score (nSPS) is 17.5. The molecule has 0 saturated carbocycles.